The molecule has 0 aromatic heterocycles. The summed E-state index contributed by atoms with van der Waals surface area (Å²) in [5, 5.41) is 9.33. The Labute approximate surface area is 89.6 Å². The molecule has 0 unspecified atom stereocenters. The van der Waals surface area contributed by atoms with Crippen LogP contribution in [0.4, 0.5) is 0 Å². The molecule has 82 valence electrons. The van der Waals surface area contributed by atoms with Gasteiger partial charge in [-0.05, 0) is 30.9 Å². The first-order chi connectivity index (χ1) is 7.29. The first-order valence-corrected chi connectivity index (χ1v) is 5.29. The first-order valence-electron chi connectivity index (χ1n) is 5.29. The van der Waals surface area contributed by atoms with Crippen molar-refractivity contribution in [3.8, 4) is 17.2 Å². The predicted molar refractivity (Wildman–Crippen MR) is 57.5 cm³/mol. The van der Waals surface area contributed by atoms with Gasteiger partial charge < -0.3 is 14.6 Å². The maximum absolute atomic E-state index is 9.33. The van der Waals surface area contributed by atoms with Crippen LogP contribution >= 0.6 is 0 Å². The highest BCUT2D eigenvalue weighted by Gasteiger charge is 2.18. The zero-order valence-corrected chi connectivity index (χ0v) is 8.90. The average Bonchev–Trinajstić information content (AvgIpc) is 2.16. The summed E-state index contributed by atoms with van der Waals surface area (Å²) in [5.74, 6) is 2.19. The Kier molecular flexibility index (Phi) is 2.99. The normalized spacial score (nSPS) is 15.8. The lowest BCUT2D eigenvalue weighted by Gasteiger charge is -2.25. The molecule has 0 radical (unpaired) electrons. The van der Waals surface area contributed by atoms with Crippen molar-refractivity contribution >= 4 is 0 Å². The fourth-order valence-electron chi connectivity index (χ4n) is 1.65. The molecule has 3 nitrogen and oxygen atoms in total. The molecule has 0 spiro atoms. The summed E-state index contributed by atoms with van der Waals surface area (Å²) in [6.07, 6.45) is 3.81. The predicted octanol–water partition coefficient (Wildman–Crippen LogP) is 2.58. The Hall–Kier alpha value is -1.38. The molecule has 0 heterocycles. The molecular weight excluding hydrogens is 192 g/mol. The van der Waals surface area contributed by atoms with Crippen LogP contribution in [0.5, 0.6) is 17.2 Å². The van der Waals surface area contributed by atoms with Crippen LogP contribution in [0.25, 0.3) is 0 Å². The highest BCUT2D eigenvalue weighted by molar-refractivity contribution is 5.44. The molecule has 0 saturated heterocycles. The van der Waals surface area contributed by atoms with Crippen LogP contribution in [-0.4, -0.2) is 18.8 Å². The second kappa shape index (κ2) is 4.43. The van der Waals surface area contributed by atoms with E-state index in [0.717, 1.165) is 6.61 Å². The Bertz CT molecular complexity index is 332. The lowest BCUT2D eigenvalue weighted by atomic mass is 9.86. The number of phenolic OH excluding ortho intramolecular Hbond substituents is 1. The Morgan fingerprint density at radius 1 is 1.33 bits per heavy atom. The van der Waals surface area contributed by atoms with Gasteiger partial charge in [0.2, 0.25) is 0 Å². The number of phenols is 1. The highest BCUT2D eigenvalue weighted by Crippen LogP contribution is 2.33. The molecule has 1 saturated carbocycles. The summed E-state index contributed by atoms with van der Waals surface area (Å²) < 4.78 is 10.8. The smallest absolute Gasteiger partial charge is 0.164 e. The first kappa shape index (κ1) is 10.1. The lowest BCUT2D eigenvalue weighted by molar-refractivity contribution is 0.175. The van der Waals surface area contributed by atoms with E-state index < -0.39 is 0 Å². The van der Waals surface area contributed by atoms with Crippen LogP contribution in [0, 0.1) is 5.92 Å². The van der Waals surface area contributed by atoms with E-state index in [-0.39, 0.29) is 5.75 Å². The lowest BCUT2D eigenvalue weighted by Crippen LogP contribution is -2.19. The third kappa shape index (κ3) is 2.35. The molecule has 0 amide bonds. The van der Waals surface area contributed by atoms with Crippen molar-refractivity contribution in [2.75, 3.05) is 13.7 Å². The fourth-order valence-corrected chi connectivity index (χ4v) is 1.65. The quantitative estimate of drug-likeness (QED) is 0.826. The van der Waals surface area contributed by atoms with Crippen molar-refractivity contribution in [2.24, 2.45) is 5.92 Å². The SMILES string of the molecule is COc1ccc(O)cc1OCC1CCC1. The van der Waals surface area contributed by atoms with E-state index in [4.69, 9.17) is 9.47 Å². The number of hydrogen-bond donors (Lipinski definition) is 1. The Morgan fingerprint density at radius 3 is 2.73 bits per heavy atom. The van der Waals surface area contributed by atoms with Gasteiger partial charge in [0.15, 0.2) is 11.5 Å². The number of methoxy groups -OCH3 is 1. The Morgan fingerprint density at radius 2 is 2.13 bits per heavy atom. The minimum Gasteiger partial charge on any atom is -0.508 e. The zero-order valence-electron chi connectivity index (χ0n) is 8.90. The third-order valence-corrected chi connectivity index (χ3v) is 2.85. The summed E-state index contributed by atoms with van der Waals surface area (Å²) in [4.78, 5) is 0. The van der Waals surface area contributed by atoms with E-state index in [1.54, 1.807) is 25.3 Å². The molecular formula is C12H16O3. The van der Waals surface area contributed by atoms with Crippen LogP contribution in [0.15, 0.2) is 18.2 Å². The molecule has 1 fully saturated rings. The molecule has 0 aliphatic heterocycles. The van der Waals surface area contributed by atoms with Gasteiger partial charge in [0.1, 0.15) is 5.75 Å². The Balaban J connectivity index is 2.00. The molecule has 1 N–H and O–H groups in total. The summed E-state index contributed by atoms with van der Waals surface area (Å²) in [6, 6.07) is 4.90. The number of rotatable bonds is 4. The second-order valence-electron chi connectivity index (χ2n) is 3.94. The van der Waals surface area contributed by atoms with Gasteiger partial charge in [-0.1, -0.05) is 6.42 Å². The molecule has 3 heteroatoms. The number of hydrogen-bond acceptors (Lipinski definition) is 3. The average molecular weight is 208 g/mol. The van der Waals surface area contributed by atoms with Crippen molar-refractivity contribution in [1.29, 1.82) is 0 Å². The van der Waals surface area contributed by atoms with Gasteiger partial charge in [-0.15, -0.1) is 0 Å². The summed E-state index contributed by atoms with van der Waals surface area (Å²) in [7, 11) is 1.60. The van der Waals surface area contributed by atoms with Crippen molar-refractivity contribution in [1.82, 2.24) is 0 Å². The van der Waals surface area contributed by atoms with Gasteiger partial charge in [-0.25, -0.2) is 0 Å². The molecule has 1 aliphatic carbocycles. The van der Waals surface area contributed by atoms with Crippen molar-refractivity contribution in [2.45, 2.75) is 19.3 Å². The van der Waals surface area contributed by atoms with Gasteiger partial charge in [-0.3, -0.25) is 0 Å². The molecule has 1 aromatic carbocycles. The second-order valence-corrected chi connectivity index (χ2v) is 3.94. The van der Waals surface area contributed by atoms with E-state index in [1.807, 2.05) is 0 Å². The minimum atomic E-state index is 0.208. The van der Waals surface area contributed by atoms with Crippen LogP contribution in [-0.2, 0) is 0 Å². The third-order valence-electron chi connectivity index (χ3n) is 2.85. The number of ether oxygens (including phenoxy) is 2. The van der Waals surface area contributed by atoms with Crippen LogP contribution in [0.1, 0.15) is 19.3 Å². The molecule has 0 bridgehead atoms. The van der Waals surface area contributed by atoms with Crippen molar-refractivity contribution in [3.05, 3.63) is 18.2 Å². The van der Waals surface area contributed by atoms with E-state index in [9.17, 15) is 5.11 Å². The maximum atomic E-state index is 9.33. The van der Waals surface area contributed by atoms with Gasteiger partial charge in [0.05, 0.1) is 13.7 Å². The highest BCUT2D eigenvalue weighted by atomic mass is 16.5. The zero-order chi connectivity index (χ0) is 10.7. The molecule has 0 atom stereocenters. The van der Waals surface area contributed by atoms with E-state index >= 15 is 0 Å². The van der Waals surface area contributed by atoms with Crippen LogP contribution in [0.3, 0.4) is 0 Å². The van der Waals surface area contributed by atoms with Gasteiger partial charge >= 0.3 is 0 Å². The van der Waals surface area contributed by atoms with E-state index in [0.29, 0.717) is 17.4 Å². The van der Waals surface area contributed by atoms with E-state index in [1.165, 1.54) is 19.3 Å². The monoisotopic (exact) mass is 208 g/mol. The summed E-state index contributed by atoms with van der Waals surface area (Å²) in [5.41, 5.74) is 0. The molecule has 1 aliphatic rings. The topological polar surface area (TPSA) is 38.7 Å². The van der Waals surface area contributed by atoms with Crippen molar-refractivity contribution < 1.29 is 14.6 Å². The number of benzene rings is 1. The van der Waals surface area contributed by atoms with Gasteiger partial charge in [-0.2, -0.15) is 0 Å². The molecule has 15 heavy (non-hydrogen) atoms. The van der Waals surface area contributed by atoms with Gasteiger partial charge in [0.25, 0.3) is 0 Å². The minimum absolute atomic E-state index is 0.208. The van der Waals surface area contributed by atoms with Gasteiger partial charge in [0, 0.05) is 6.07 Å². The van der Waals surface area contributed by atoms with Crippen LogP contribution in [0.2, 0.25) is 0 Å². The fraction of sp³-hybridized carbons (Fsp3) is 0.500. The van der Waals surface area contributed by atoms with Crippen molar-refractivity contribution in [3.63, 3.8) is 0 Å². The van der Waals surface area contributed by atoms with Crippen LogP contribution < -0.4 is 9.47 Å². The maximum Gasteiger partial charge on any atom is 0.164 e. The standard InChI is InChI=1S/C12H16O3/c1-14-11-6-5-10(13)7-12(11)15-8-9-3-2-4-9/h5-7,9,13H,2-4,8H2,1H3. The number of aromatic hydroxyl groups is 1. The van der Waals surface area contributed by atoms with E-state index in [2.05, 4.69) is 0 Å². The largest absolute Gasteiger partial charge is 0.508 e. The summed E-state index contributed by atoms with van der Waals surface area (Å²) >= 11 is 0. The summed E-state index contributed by atoms with van der Waals surface area (Å²) in [6.45, 7) is 0.722. The molecule has 1 aromatic rings. The molecule has 2 rings (SSSR count).